The Balaban J connectivity index is 1.74. The van der Waals surface area contributed by atoms with Crippen LogP contribution in [0.3, 0.4) is 0 Å². The molecule has 2 amide bonds. The Kier molecular flexibility index (Phi) is 4.35. The summed E-state index contributed by atoms with van der Waals surface area (Å²) in [4.78, 5) is 24.3. The Labute approximate surface area is 114 Å². The first-order valence-corrected chi connectivity index (χ1v) is 6.94. The van der Waals surface area contributed by atoms with E-state index >= 15 is 0 Å². The summed E-state index contributed by atoms with van der Waals surface area (Å²) in [6.45, 7) is 0.0138. The van der Waals surface area contributed by atoms with Gasteiger partial charge in [0, 0.05) is 14.1 Å². The van der Waals surface area contributed by atoms with Gasteiger partial charge >= 0.3 is 0 Å². The number of hydrogen-bond donors (Lipinski definition) is 1. The van der Waals surface area contributed by atoms with Gasteiger partial charge in [0.2, 0.25) is 17.0 Å². The smallest absolute Gasteiger partial charge is 0.241 e. The summed E-state index contributed by atoms with van der Waals surface area (Å²) in [5.74, 6) is -0.139. The van der Waals surface area contributed by atoms with Crippen molar-refractivity contribution in [3.05, 3.63) is 0 Å². The van der Waals surface area contributed by atoms with Crippen molar-refractivity contribution >= 4 is 23.6 Å². The molecule has 1 aromatic rings. The molecule has 104 valence electrons. The van der Waals surface area contributed by atoms with Crippen LogP contribution in [0.1, 0.15) is 18.9 Å². The lowest BCUT2D eigenvalue weighted by atomic mass is 10.5. The minimum Gasteiger partial charge on any atom is -0.347 e. The van der Waals surface area contributed by atoms with Crippen molar-refractivity contribution in [3.8, 4) is 0 Å². The van der Waals surface area contributed by atoms with Gasteiger partial charge in [-0.3, -0.25) is 9.59 Å². The first kappa shape index (κ1) is 13.8. The molecule has 19 heavy (non-hydrogen) atoms. The van der Waals surface area contributed by atoms with E-state index in [1.54, 1.807) is 18.8 Å². The summed E-state index contributed by atoms with van der Waals surface area (Å²) in [6.07, 6.45) is 2.17. The number of nitrogens with zero attached hydrogens (tertiary/aromatic N) is 5. The molecule has 0 aliphatic heterocycles. The Morgan fingerprint density at radius 3 is 2.84 bits per heavy atom. The van der Waals surface area contributed by atoms with Gasteiger partial charge in [-0.25, -0.2) is 4.68 Å². The van der Waals surface area contributed by atoms with Crippen molar-refractivity contribution < 1.29 is 9.59 Å². The molecule has 1 aromatic heterocycles. The van der Waals surface area contributed by atoms with E-state index in [1.165, 1.54) is 16.7 Å². The number of carbonyl (C=O) groups is 2. The molecular formula is C10H16N6O2S. The molecule has 0 aromatic carbocycles. The summed E-state index contributed by atoms with van der Waals surface area (Å²) in [5, 5.41) is 14.6. The standard InChI is InChI=1S/C10H16N6O2S/c1-15(2)9(18)5-11-8(17)6-19-10-12-13-14-16(10)7-3-4-7/h7H,3-6H2,1-2H3,(H,11,17). The topological polar surface area (TPSA) is 93.0 Å². The van der Waals surface area contributed by atoms with Gasteiger partial charge in [-0.15, -0.1) is 5.10 Å². The third-order valence-corrected chi connectivity index (χ3v) is 3.56. The number of tetrazole rings is 1. The minimum absolute atomic E-state index is 0.0138. The molecule has 2 rings (SSSR count). The van der Waals surface area contributed by atoms with Gasteiger partial charge < -0.3 is 10.2 Å². The van der Waals surface area contributed by atoms with Crippen LogP contribution < -0.4 is 5.32 Å². The maximum atomic E-state index is 11.6. The highest BCUT2D eigenvalue weighted by Gasteiger charge is 2.28. The molecule has 0 unspecified atom stereocenters. The molecule has 0 spiro atoms. The third kappa shape index (κ3) is 3.91. The highest BCUT2D eigenvalue weighted by molar-refractivity contribution is 7.99. The molecule has 1 aliphatic carbocycles. The molecule has 1 heterocycles. The van der Waals surface area contributed by atoms with Crippen LogP contribution in [0.15, 0.2) is 5.16 Å². The molecule has 1 saturated carbocycles. The number of amides is 2. The van der Waals surface area contributed by atoms with E-state index in [9.17, 15) is 9.59 Å². The number of thioether (sulfide) groups is 1. The Morgan fingerprint density at radius 1 is 1.47 bits per heavy atom. The molecule has 0 saturated heterocycles. The second-order valence-electron chi connectivity index (χ2n) is 4.49. The fourth-order valence-corrected chi connectivity index (χ4v) is 2.12. The Hall–Kier alpha value is -1.64. The predicted molar refractivity (Wildman–Crippen MR) is 68.5 cm³/mol. The predicted octanol–water partition coefficient (Wildman–Crippen LogP) is -0.695. The van der Waals surface area contributed by atoms with E-state index in [-0.39, 0.29) is 24.1 Å². The maximum Gasteiger partial charge on any atom is 0.241 e. The van der Waals surface area contributed by atoms with Gasteiger partial charge in [-0.2, -0.15) is 0 Å². The average molecular weight is 284 g/mol. The van der Waals surface area contributed by atoms with E-state index in [1.807, 2.05) is 0 Å². The SMILES string of the molecule is CN(C)C(=O)CNC(=O)CSc1nnnn1C1CC1. The normalized spacial score (nSPS) is 14.2. The zero-order chi connectivity index (χ0) is 13.8. The second kappa shape index (κ2) is 6.00. The van der Waals surface area contributed by atoms with Crippen LogP contribution in [0, 0.1) is 0 Å². The molecule has 9 heteroatoms. The second-order valence-corrected chi connectivity index (χ2v) is 5.43. The van der Waals surface area contributed by atoms with Gasteiger partial charge in [0.1, 0.15) is 0 Å². The summed E-state index contributed by atoms with van der Waals surface area (Å²) < 4.78 is 1.75. The Bertz CT molecular complexity index is 470. The van der Waals surface area contributed by atoms with Crippen LogP contribution in [0.25, 0.3) is 0 Å². The first-order valence-electron chi connectivity index (χ1n) is 5.95. The van der Waals surface area contributed by atoms with Gasteiger partial charge in [0.25, 0.3) is 0 Å². The number of rotatable bonds is 6. The van der Waals surface area contributed by atoms with Crippen LogP contribution in [-0.2, 0) is 9.59 Å². The van der Waals surface area contributed by atoms with Gasteiger partial charge in [0.15, 0.2) is 0 Å². The number of hydrogen-bond acceptors (Lipinski definition) is 6. The molecular weight excluding hydrogens is 268 g/mol. The fourth-order valence-electron chi connectivity index (χ4n) is 1.34. The van der Waals surface area contributed by atoms with E-state index in [0.29, 0.717) is 11.2 Å². The van der Waals surface area contributed by atoms with Crippen LogP contribution in [0.5, 0.6) is 0 Å². The lowest BCUT2D eigenvalue weighted by Crippen LogP contribution is -2.37. The number of nitrogens with one attached hydrogen (secondary N) is 1. The molecule has 0 atom stereocenters. The van der Waals surface area contributed by atoms with Crippen molar-refractivity contribution in [2.75, 3.05) is 26.4 Å². The molecule has 8 nitrogen and oxygen atoms in total. The third-order valence-electron chi connectivity index (χ3n) is 2.62. The molecule has 0 radical (unpaired) electrons. The van der Waals surface area contributed by atoms with Crippen LogP contribution in [0.2, 0.25) is 0 Å². The van der Waals surface area contributed by atoms with Gasteiger partial charge in [0.05, 0.1) is 18.3 Å². The zero-order valence-corrected chi connectivity index (χ0v) is 11.7. The van der Waals surface area contributed by atoms with Crippen LogP contribution in [-0.4, -0.2) is 63.3 Å². The lowest BCUT2D eigenvalue weighted by molar-refractivity contribution is -0.130. The molecule has 1 fully saturated rings. The van der Waals surface area contributed by atoms with E-state index < -0.39 is 0 Å². The van der Waals surface area contributed by atoms with E-state index in [0.717, 1.165) is 12.8 Å². The average Bonchev–Trinajstić information content (AvgIpc) is 3.12. The quantitative estimate of drug-likeness (QED) is 0.695. The molecule has 1 N–H and O–H groups in total. The van der Waals surface area contributed by atoms with Crippen molar-refractivity contribution in [2.24, 2.45) is 0 Å². The van der Waals surface area contributed by atoms with Crippen LogP contribution in [0.4, 0.5) is 0 Å². The zero-order valence-electron chi connectivity index (χ0n) is 10.9. The minimum atomic E-state index is -0.203. The molecule has 1 aliphatic rings. The first-order chi connectivity index (χ1) is 9.08. The molecule has 0 bridgehead atoms. The van der Waals surface area contributed by atoms with Crippen molar-refractivity contribution in [1.82, 2.24) is 30.4 Å². The fraction of sp³-hybridized carbons (Fsp3) is 0.700. The number of aromatic nitrogens is 4. The summed E-state index contributed by atoms with van der Waals surface area (Å²) in [6, 6.07) is 0.385. The van der Waals surface area contributed by atoms with Crippen molar-refractivity contribution in [2.45, 2.75) is 24.0 Å². The highest BCUT2D eigenvalue weighted by Crippen LogP contribution is 2.36. The number of likely N-dealkylation sites (N-methyl/N-ethyl adjacent to an activating group) is 1. The largest absolute Gasteiger partial charge is 0.347 e. The van der Waals surface area contributed by atoms with Gasteiger partial charge in [-0.1, -0.05) is 11.8 Å². The lowest BCUT2D eigenvalue weighted by Gasteiger charge is -2.10. The van der Waals surface area contributed by atoms with Crippen molar-refractivity contribution in [1.29, 1.82) is 0 Å². The van der Waals surface area contributed by atoms with Crippen molar-refractivity contribution in [3.63, 3.8) is 0 Å². The van der Waals surface area contributed by atoms with Gasteiger partial charge in [-0.05, 0) is 23.3 Å². The van der Waals surface area contributed by atoms with E-state index in [2.05, 4.69) is 20.8 Å². The summed E-state index contributed by atoms with van der Waals surface area (Å²) >= 11 is 1.28. The number of carbonyl (C=O) groups excluding carboxylic acids is 2. The summed E-state index contributed by atoms with van der Waals surface area (Å²) in [7, 11) is 3.29. The Morgan fingerprint density at radius 2 is 2.21 bits per heavy atom. The highest BCUT2D eigenvalue weighted by atomic mass is 32.2. The van der Waals surface area contributed by atoms with E-state index in [4.69, 9.17) is 0 Å². The maximum absolute atomic E-state index is 11.6. The monoisotopic (exact) mass is 284 g/mol. The summed E-state index contributed by atoms with van der Waals surface area (Å²) in [5.41, 5.74) is 0. The van der Waals surface area contributed by atoms with Crippen LogP contribution >= 0.6 is 11.8 Å².